The first-order chi connectivity index (χ1) is 8.24. The van der Waals surface area contributed by atoms with Crippen LogP contribution in [0.5, 0.6) is 0 Å². The smallest absolute Gasteiger partial charge is 0.220 e. The molecule has 0 bridgehead atoms. The highest BCUT2D eigenvalue weighted by Gasteiger charge is 2.23. The van der Waals surface area contributed by atoms with E-state index in [-0.39, 0.29) is 5.91 Å². The fourth-order valence-corrected chi connectivity index (χ4v) is 2.35. The van der Waals surface area contributed by atoms with E-state index in [4.69, 9.17) is 0 Å². The van der Waals surface area contributed by atoms with Crippen LogP contribution < -0.4 is 10.6 Å². The minimum Gasteiger partial charge on any atom is -0.352 e. The average Bonchev–Trinajstić information content (AvgIpc) is 2.69. The van der Waals surface area contributed by atoms with E-state index in [1.54, 1.807) is 0 Å². The summed E-state index contributed by atoms with van der Waals surface area (Å²) in [5.41, 5.74) is 0. The van der Waals surface area contributed by atoms with Gasteiger partial charge in [-0.05, 0) is 18.9 Å². The minimum absolute atomic E-state index is 0.237. The second-order valence-electron chi connectivity index (χ2n) is 5.33. The molecule has 1 saturated heterocycles. The number of hydrogen-bond acceptors (Lipinski definition) is 2. The molecule has 100 valence electrons. The van der Waals surface area contributed by atoms with Crippen LogP contribution in [0.25, 0.3) is 0 Å². The van der Waals surface area contributed by atoms with Gasteiger partial charge >= 0.3 is 0 Å². The van der Waals surface area contributed by atoms with Crippen LogP contribution in [0, 0.1) is 5.92 Å². The van der Waals surface area contributed by atoms with Crippen molar-refractivity contribution >= 4 is 5.91 Å². The third-order valence-corrected chi connectivity index (χ3v) is 3.62. The lowest BCUT2D eigenvalue weighted by Crippen LogP contribution is -2.39. The zero-order valence-corrected chi connectivity index (χ0v) is 11.4. The Balaban J connectivity index is 1.97. The summed E-state index contributed by atoms with van der Waals surface area (Å²) in [6.45, 7) is 6.38. The second-order valence-corrected chi connectivity index (χ2v) is 5.33. The molecule has 0 saturated carbocycles. The van der Waals surface area contributed by atoms with Crippen molar-refractivity contribution in [2.24, 2.45) is 5.92 Å². The van der Waals surface area contributed by atoms with Gasteiger partial charge in [-0.15, -0.1) is 0 Å². The maximum atomic E-state index is 11.7. The molecule has 0 aromatic rings. The van der Waals surface area contributed by atoms with Crippen LogP contribution in [-0.4, -0.2) is 25.0 Å². The van der Waals surface area contributed by atoms with Crippen LogP contribution in [0.2, 0.25) is 0 Å². The molecule has 1 aliphatic rings. The molecule has 2 atom stereocenters. The Morgan fingerprint density at radius 2 is 1.88 bits per heavy atom. The summed E-state index contributed by atoms with van der Waals surface area (Å²) in [6, 6.07) is 0.350. The summed E-state index contributed by atoms with van der Waals surface area (Å²) in [5.74, 6) is 0.810. The van der Waals surface area contributed by atoms with Gasteiger partial charge in [0.1, 0.15) is 0 Å². The number of nitrogens with one attached hydrogen (secondary N) is 2. The van der Waals surface area contributed by atoms with Gasteiger partial charge in [-0.1, -0.05) is 46.0 Å². The lowest BCUT2D eigenvalue weighted by Gasteiger charge is -2.16. The van der Waals surface area contributed by atoms with E-state index in [9.17, 15) is 4.79 Å². The highest BCUT2D eigenvalue weighted by atomic mass is 16.1. The molecule has 0 aliphatic carbocycles. The Labute approximate surface area is 106 Å². The van der Waals surface area contributed by atoms with Crippen molar-refractivity contribution in [1.82, 2.24) is 10.6 Å². The van der Waals surface area contributed by atoms with E-state index in [1.165, 1.54) is 32.1 Å². The number of hydrogen-bond donors (Lipinski definition) is 2. The molecular formula is C14H28N2O. The van der Waals surface area contributed by atoms with Crippen molar-refractivity contribution in [3.63, 3.8) is 0 Å². The molecule has 2 unspecified atom stereocenters. The van der Waals surface area contributed by atoms with E-state index in [2.05, 4.69) is 24.5 Å². The summed E-state index contributed by atoms with van der Waals surface area (Å²) >= 11 is 0. The van der Waals surface area contributed by atoms with Gasteiger partial charge in [-0.2, -0.15) is 0 Å². The van der Waals surface area contributed by atoms with Crippen LogP contribution in [0.3, 0.4) is 0 Å². The summed E-state index contributed by atoms with van der Waals surface area (Å²) in [4.78, 5) is 11.7. The van der Waals surface area contributed by atoms with Gasteiger partial charge in [0.05, 0.1) is 0 Å². The topological polar surface area (TPSA) is 41.1 Å². The van der Waals surface area contributed by atoms with E-state index < -0.39 is 0 Å². The minimum atomic E-state index is 0.237. The van der Waals surface area contributed by atoms with Gasteiger partial charge in [0, 0.05) is 19.0 Å². The fourth-order valence-electron chi connectivity index (χ4n) is 2.35. The molecule has 3 heteroatoms. The third kappa shape index (κ3) is 6.06. The van der Waals surface area contributed by atoms with E-state index in [0.717, 1.165) is 19.5 Å². The van der Waals surface area contributed by atoms with Gasteiger partial charge in [-0.25, -0.2) is 0 Å². The maximum absolute atomic E-state index is 11.7. The number of amides is 1. The Bertz CT molecular complexity index is 218. The van der Waals surface area contributed by atoms with Crippen molar-refractivity contribution in [2.45, 2.75) is 64.8 Å². The molecule has 0 spiro atoms. The molecule has 1 fully saturated rings. The van der Waals surface area contributed by atoms with Crippen LogP contribution in [0.4, 0.5) is 0 Å². The molecule has 3 nitrogen and oxygen atoms in total. The number of unbranched alkanes of at least 4 members (excludes halogenated alkanes) is 5. The van der Waals surface area contributed by atoms with E-state index in [0.29, 0.717) is 18.4 Å². The quantitative estimate of drug-likeness (QED) is 0.640. The molecule has 1 rings (SSSR count). The molecule has 1 aliphatic heterocycles. The summed E-state index contributed by atoms with van der Waals surface area (Å²) in [6.07, 6.45) is 8.17. The Kier molecular flexibility index (Phi) is 7.25. The third-order valence-electron chi connectivity index (χ3n) is 3.62. The summed E-state index contributed by atoms with van der Waals surface area (Å²) in [7, 11) is 0. The lowest BCUT2D eigenvalue weighted by molar-refractivity contribution is -0.122. The highest BCUT2D eigenvalue weighted by Crippen LogP contribution is 2.09. The van der Waals surface area contributed by atoms with Gasteiger partial charge in [0.2, 0.25) is 5.91 Å². The zero-order valence-electron chi connectivity index (χ0n) is 11.4. The Hall–Kier alpha value is -0.570. The van der Waals surface area contributed by atoms with Crippen LogP contribution >= 0.6 is 0 Å². The van der Waals surface area contributed by atoms with E-state index >= 15 is 0 Å². The standard InChI is InChI=1S/C14H28N2O/c1-3-4-5-6-7-8-9-14(17)16-13-11-15-10-12(13)2/h12-13,15H,3-11H2,1-2H3,(H,16,17). The highest BCUT2D eigenvalue weighted by molar-refractivity contribution is 5.76. The predicted molar refractivity (Wildman–Crippen MR) is 72.0 cm³/mol. The van der Waals surface area contributed by atoms with Crippen LogP contribution in [0.1, 0.15) is 58.8 Å². The zero-order chi connectivity index (χ0) is 12.5. The average molecular weight is 240 g/mol. The summed E-state index contributed by atoms with van der Waals surface area (Å²) in [5, 5.41) is 6.43. The fraction of sp³-hybridized carbons (Fsp3) is 0.929. The SMILES string of the molecule is CCCCCCCCC(=O)NC1CNCC1C. The monoisotopic (exact) mass is 240 g/mol. The molecule has 17 heavy (non-hydrogen) atoms. The lowest BCUT2D eigenvalue weighted by atomic mass is 10.1. The van der Waals surface area contributed by atoms with Crippen molar-refractivity contribution < 1.29 is 4.79 Å². The summed E-state index contributed by atoms with van der Waals surface area (Å²) < 4.78 is 0. The largest absolute Gasteiger partial charge is 0.352 e. The first kappa shape index (κ1) is 14.5. The van der Waals surface area contributed by atoms with Gasteiger partial charge < -0.3 is 10.6 Å². The van der Waals surface area contributed by atoms with Crippen molar-refractivity contribution in [3.05, 3.63) is 0 Å². The van der Waals surface area contributed by atoms with Crippen LogP contribution in [0.15, 0.2) is 0 Å². The predicted octanol–water partition coefficient (Wildman–Crippen LogP) is 2.46. The number of carbonyl (C=O) groups is 1. The first-order valence-corrected chi connectivity index (χ1v) is 7.24. The molecule has 0 radical (unpaired) electrons. The Morgan fingerprint density at radius 1 is 1.18 bits per heavy atom. The molecule has 1 heterocycles. The van der Waals surface area contributed by atoms with Crippen molar-refractivity contribution in [2.75, 3.05) is 13.1 Å². The molecule has 0 aromatic heterocycles. The normalized spacial score (nSPS) is 23.9. The number of carbonyl (C=O) groups excluding carboxylic acids is 1. The first-order valence-electron chi connectivity index (χ1n) is 7.24. The van der Waals surface area contributed by atoms with Crippen molar-refractivity contribution in [1.29, 1.82) is 0 Å². The van der Waals surface area contributed by atoms with Gasteiger partial charge in [0.15, 0.2) is 0 Å². The van der Waals surface area contributed by atoms with E-state index in [1.807, 2.05) is 0 Å². The molecule has 0 aromatic carbocycles. The van der Waals surface area contributed by atoms with Gasteiger partial charge in [0.25, 0.3) is 0 Å². The Morgan fingerprint density at radius 3 is 2.53 bits per heavy atom. The van der Waals surface area contributed by atoms with Gasteiger partial charge in [-0.3, -0.25) is 4.79 Å². The maximum Gasteiger partial charge on any atom is 0.220 e. The molecule has 2 N–H and O–H groups in total. The molecule has 1 amide bonds. The second kappa shape index (κ2) is 8.51. The van der Waals surface area contributed by atoms with Crippen LogP contribution in [-0.2, 0) is 4.79 Å². The number of rotatable bonds is 8. The molecular weight excluding hydrogens is 212 g/mol. The van der Waals surface area contributed by atoms with Crippen molar-refractivity contribution in [3.8, 4) is 0 Å².